The first-order chi connectivity index (χ1) is 15.6. The molecule has 32 heavy (non-hydrogen) atoms. The number of benzene rings is 3. The maximum atomic E-state index is 13.1. The summed E-state index contributed by atoms with van der Waals surface area (Å²) >= 11 is 1.57. The van der Waals surface area contributed by atoms with Crippen molar-refractivity contribution in [1.82, 2.24) is 5.32 Å². The van der Waals surface area contributed by atoms with Crippen molar-refractivity contribution < 1.29 is 9.59 Å². The van der Waals surface area contributed by atoms with E-state index in [1.165, 1.54) is 25.7 Å². The Morgan fingerprint density at radius 3 is 2.56 bits per heavy atom. The van der Waals surface area contributed by atoms with E-state index in [0.717, 1.165) is 49.8 Å². The molecular weight excluding hydrogens is 414 g/mol. The quantitative estimate of drug-likeness (QED) is 0.382. The van der Waals surface area contributed by atoms with Gasteiger partial charge >= 0.3 is 0 Å². The zero-order chi connectivity index (χ0) is 21.8. The molecule has 2 saturated carbocycles. The summed E-state index contributed by atoms with van der Waals surface area (Å²) in [6.45, 7) is 2.18. The van der Waals surface area contributed by atoms with E-state index >= 15 is 0 Å². The van der Waals surface area contributed by atoms with Gasteiger partial charge in [0.15, 0.2) is 5.78 Å². The van der Waals surface area contributed by atoms with Crippen LogP contribution in [0.4, 0.5) is 0 Å². The van der Waals surface area contributed by atoms with Crippen LogP contribution in [0.3, 0.4) is 0 Å². The Kier molecular flexibility index (Phi) is 4.87. The number of rotatable bonds is 5. The zero-order valence-corrected chi connectivity index (χ0v) is 19.1. The van der Waals surface area contributed by atoms with Crippen molar-refractivity contribution in [2.75, 3.05) is 5.75 Å². The van der Waals surface area contributed by atoms with E-state index in [1.807, 2.05) is 36.4 Å². The molecule has 3 aliphatic carbocycles. The van der Waals surface area contributed by atoms with Gasteiger partial charge in [-0.2, -0.15) is 0 Å². The van der Waals surface area contributed by atoms with Crippen molar-refractivity contribution in [2.45, 2.75) is 43.5 Å². The van der Waals surface area contributed by atoms with E-state index in [0.29, 0.717) is 11.7 Å². The maximum absolute atomic E-state index is 13.1. The Hall–Kier alpha value is -2.59. The lowest BCUT2D eigenvalue weighted by Gasteiger charge is -2.28. The summed E-state index contributed by atoms with van der Waals surface area (Å²) in [5.74, 6) is 2.93. The van der Waals surface area contributed by atoms with Crippen LogP contribution in [0.2, 0.25) is 0 Å². The molecule has 3 aromatic carbocycles. The van der Waals surface area contributed by atoms with Crippen LogP contribution in [0.15, 0.2) is 59.5 Å². The fourth-order valence-corrected chi connectivity index (χ4v) is 7.29. The van der Waals surface area contributed by atoms with Crippen LogP contribution in [0.1, 0.15) is 48.5 Å². The Balaban J connectivity index is 1.23. The van der Waals surface area contributed by atoms with Crippen molar-refractivity contribution in [1.29, 1.82) is 0 Å². The molecule has 0 aliphatic heterocycles. The van der Waals surface area contributed by atoms with Crippen molar-refractivity contribution >= 4 is 34.2 Å². The largest absolute Gasteiger partial charge is 0.353 e. The predicted octanol–water partition coefficient (Wildman–Crippen LogP) is 6.08. The highest BCUT2D eigenvalue weighted by Crippen LogP contribution is 2.49. The van der Waals surface area contributed by atoms with Gasteiger partial charge in [-0.3, -0.25) is 9.59 Å². The maximum Gasteiger partial charge on any atom is 0.230 e. The highest BCUT2D eigenvalue weighted by molar-refractivity contribution is 8.00. The molecule has 1 amide bonds. The number of ketones is 1. The van der Waals surface area contributed by atoms with E-state index in [2.05, 4.69) is 30.4 Å². The molecule has 3 aromatic rings. The first-order valence-corrected chi connectivity index (χ1v) is 12.7. The molecule has 0 radical (unpaired) electrons. The number of amides is 1. The molecule has 3 nitrogen and oxygen atoms in total. The normalized spacial score (nSPS) is 23.9. The summed E-state index contributed by atoms with van der Waals surface area (Å²) in [5.41, 5.74) is 3.62. The third-order valence-corrected chi connectivity index (χ3v) is 8.96. The summed E-state index contributed by atoms with van der Waals surface area (Å²) in [6, 6.07) is 18.2. The molecule has 0 saturated heterocycles. The van der Waals surface area contributed by atoms with Gasteiger partial charge in [-0.15, -0.1) is 11.8 Å². The lowest BCUT2D eigenvalue weighted by atomic mass is 9.83. The average molecular weight is 442 g/mol. The fraction of sp³-hybridized carbons (Fsp3) is 0.357. The monoisotopic (exact) mass is 441 g/mol. The molecule has 0 aromatic heterocycles. The zero-order valence-electron chi connectivity index (χ0n) is 18.3. The molecule has 0 unspecified atom stereocenters. The minimum atomic E-state index is 0.0817. The second-order valence-corrected chi connectivity index (χ2v) is 10.7. The highest BCUT2D eigenvalue weighted by atomic mass is 32.2. The summed E-state index contributed by atoms with van der Waals surface area (Å²) in [4.78, 5) is 26.9. The number of carbonyl (C=O) groups excluding carboxylic acids is 2. The summed E-state index contributed by atoms with van der Waals surface area (Å²) in [5, 5.41) is 5.34. The molecule has 2 bridgehead atoms. The number of fused-ring (bicyclic) bond motifs is 4. The van der Waals surface area contributed by atoms with Gasteiger partial charge in [0.05, 0.1) is 5.75 Å². The van der Waals surface area contributed by atoms with Crippen LogP contribution in [-0.2, 0) is 4.79 Å². The number of carbonyl (C=O) groups is 2. The first-order valence-electron chi connectivity index (χ1n) is 11.7. The van der Waals surface area contributed by atoms with Crippen molar-refractivity contribution in [3.63, 3.8) is 0 Å². The fourth-order valence-electron chi connectivity index (χ4n) is 6.43. The topological polar surface area (TPSA) is 46.2 Å². The van der Waals surface area contributed by atoms with Crippen LogP contribution >= 0.6 is 11.8 Å². The van der Waals surface area contributed by atoms with Gasteiger partial charge in [0, 0.05) is 27.5 Å². The number of nitrogens with one attached hydrogen (secondary N) is 1. The molecular formula is C28H27NO2S. The Morgan fingerprint density at radius 1 is 0.969 bits per heavy atom. The SMILES string of the molecule is C[C@@H](NC(=O)CSc1ccc2c3c(cccc13)C(=O)c1ccccc1-2)[C@H]1C[C@H]2CC[C@H]1C2. The van der Waals surface area contributed by atoms with Gasteiger partial charge in [0.1, 0.15) is 0 Å². The summed E-state index contributed by atoms with van der Waals surface area (Å²) in [7, 11) is 0. The smallest absolute Gasteiger partial charge is 0.230 e. The average Bonchev–Trinajstić information content (AvgIpc) is 3.45. The molecule has 0 heterocycles. The Bertz CT molecular complexity index is 1250. The van der Waals surface area contributed by atoms with Crippen LogP contribution in [-0.4, -0.2) is 23.5 Å². The first kappa shape index (κ1) is 20.0. The number of hydrogen-bond donors (Lipinski definition) is 1. The van der Waals surface area contributed by atoms with Gasteiger partial charge in [-0.25, -0.2) is 0 Å². The van der Waals surface area contributed by atoms with Crippen molar-refractivity contribution in [2.24, 2.45) is 17.8 Å². The molecule has 0 spiro atoms. The Morgan fingerprint density at radius 2 is 1.78 bits per heavy atom. The summed E-state index contributed by atoms with van der Waals surface area (Å²) < 4.78 is 0. The van der Waals surface area contributed by atoms with Gasteiger partial charge in [-0.1, -0.05) is 55.0 Å². The molecule has 6 rings (SSSR count). The lowest BCUT2D eigenvalue weighted by molar-refractivity contribution is -0.119. The van der Waals surface area contributed by atoms with Crippen LogP contribution in [0, 0.1) is 17.8 Å². The molecule has 162 valence electrons. The Labute approximate surface area is 193 Å². The minimum Gasteiger partial charge on any atom is -0.353 e. The second kappa shape index (κ2) is 7.77. The van der Waals surface area contributed by atoms with Crippen molar-refractivity contribution in [3.05, 3.63) is 65.7 Å². The minimum absolute atomic E-state index is 0.0817. The highest BCUT2D eigenvalue weighted by Gasteiger charge is 2.42. The van der Waals surface area contributed by atoms with E-state index in [1.54, 1.807) is 11.8 Å². The van der Waals surface area contributed by atoms with E-state index in [9.17, 15) is 9.59 Å². The summed E-state index contributed by atoms with van der Waals surface area (Å²) in [6.07, 6.45) is 5.37. The molecule has 4 heteroatoms. The third kappa shape index (κ3) is 3.19. The molecule has 3 aliphatic rings. The third-order valence-electron chi connectivity index (χ3n) is 7.89. The van der Waals surface area contributed by atoms with E-state index in [-0.39, 0.29) is 17.7 Å². The van der Waals surface area contributed by atoms with Crippen LogP contribution in [0.25, 0.3) is 21.9 Å². The van der Waals surface area contributed by atoms with Crippen LogP contribution in [0.5, 0.6) is 0 Å². The van der Waals surface area contributed by atoms with Gasteiger partial charge in [0.25, 0.3) is 0 Å². The van der Waals surface area contributed by atoms with Gasteiger partial charge < -0.3 is 5.32 Å². The van der Waals surface area contributed by atoms with Gasteiger partial charge in [-0.05, 0) is 66.5 Å². The second-order valence-electron chi connectivity index (χ2n) is 9.70. The number of hydrogen-bond acceptors (Lipinski definition) is 3. The standard InChI is InChI=1S/C28H27NO2S/c1-16(24-14-17-9-10-18(24)13-17)29-26(30)15-32-25-12-11-20-19-5-2-3-6-21(19)28(31)23-8-4-7-22(25)27(20)23/h2-8,11-12,16-18,24H,9-10,13-15H2,1H3,(H,29,30)/t16-,17+,18+,24-/m1/s1. The van der Waals surface area contributed by atoms with E-state index in [4.69, 9.17) is 0 Å². The lowest BCUT2D eigenvalue weighted by Crippen LogP contribution is -2.40. The van der Waals surface area contributed by atoms with Gasteiger partial charge in [0.2, 0.25) is 5.91 Å². The van der Waals surface area contributed by atoms with Crippen molar-refractivity contribution in [3.8, 4) is 11.1 Å². The molecule has 1 N–H and O–H groups in total. The van der Waals surface area contributed by atoms with E-state index < -0.39 is 0 Å². The molecule has 2 fully saturated rings. The predicted molar refractivity (Wildman–Crippen MR) is 130 cm³/mol. The molecule has 4 atom stereocenters. The van der Waals surface area contributed by atoms with Crippen LogP contribution < -0.4 is 5.32 Å². The number of thioether (sulfide) groups is 1.